The second kappa shape index (κ2) is 5.82. The second-order valence-corrected chi connectivity index (χ2v) is 4.76. The van der Waals surface area contributed by atoms with Crippen LogP contribution in [0.25, 0.3) is 0 Å². The van der Waals surface area contributed by atoms with Crippen LogP contribution in [0.3, 0.4) is 0 Å². The second-order valence-electron chi connectivity index (χ2n) is 4.76. The summed E-state index contributed by atoms with van der Waals surface area (Å²) in [5.41, 5.74) is 0.764. The molecule has 2 heterocycles. The van der Waals surface area contributed by atoms with Crippen molar-refractivity contribution in [1.29, 1.82) is 0 Å². The minimum absolute atomic E-state index is 0.0331. The average molecular weight is 248 g/mol. The number of anilines is 2. The van der Waals surface area contributed by atoms with Gasteiger partial charge in [0.1, 0.15) is 0 Å². The summed E-state index contributed by atoms with van der Waals surface area (Å²) in [5.74, 6) is 0.812. The van der Waals surface area contributed by atoms with Gasteiger partial charge in [0.2, 0.25) is 5.91 Å². The van der Waals surface area contributed by atoms with Crippen LogP contribution in [0.1, 0.15) is 19.3 Å². The molecule has 1 atom stereocenters. The molecule has 0 saturated carbocycles. The Balaban J connectivity index is 2.06. The standard InChI is InChI=1S/C13H20N4O/c1-17(2)12-10(7-5-9-15-12)16-13(18)11-6-3-4-8-14-11/h5,7,9,11,14H,3-4,6,8H2,1-2H3,(H,16,18). The van der Waals surface area contributed by atoms with Crippen molar-refractivity contribution < 1.29 is 4.79 Å². The summed E-state index contributed by atoms with van der Waals surface area (Å²) in [6, 6.07) is 3.63. The van der Waals surface area contributed by atoms with Crippen LogP contribution in [0.15, 0.2) is 18.3 Å². The van der Waals surface area contributed by atoms with Crippen molar-refractivity contribution in [2.75, 3.05) is 30.9 Å². The van der Waals surface area contributed by atoms with Crippen LogP contribution in [0, 0.1) is 0 Å². The zero-order chi connectivity index (χ0) is 13.0. The van der Waals surface area contributed by atoms with E-state index in [0.717, 1.165) is 37.3 Å². The van der Waals surface area contributed by atoms with Crippen LogP contribution in [-0.4, -0.2) is 37.6 Å². The van der Waals surface area contributed by atoms with Crippen LogP contribution < -0.4 is 15.5 Å². The van der Waals surface area contributed by atoms with Crippen molar-refractivity contribution >= 4 is 17.4 Å². The maximum absolute atomic E-state index is 12.1. The van der Waals surface area contributed by atoms with E-state index in [1.54, 1.807) is 6.20 Å². The molecule has 1 saturated heterocycles. The minimum Gasteiger partial charge on any atom is -0.361 e. The SMILES string of the molecule is CN(C)c1ncccc1NC(=O)C1CCCCN1. The first kappa shape index (κ1) is 12.8. The highest BCUT2D eigenvalue weighted by molar-refractivity contribution is 5.97. The molecule has 1 aromatic rings. The van der Waals surface area contributed by atoms with Crippen molar-refractivity contribution in [2.45, 2.75) is 25.3 Å². The molecule has 1 aromatic heterocycles. The van der Waals surface area contributed by atoms with Crippen LogP contribution in [-0.2, 0) is 4.79 Å². The molecule has 2 rings (SSSR count). The third-order valence-electron chi connectivity index (χ3n) is 3.09. The maximum Gasteiger partial charge on any atom is 0.241 e. The highest BCUT2D eigenvalue weighted by Gasteiger charge is 2.21. The molecule has 0 aliphatic carbocycles. The number of pyridine rings is 1. The number of hydrogen-bond donors (Lipinski definition) is 2. The molecule has 1 fully saturated rings. The number of carbonyl (C=O) groups excluding carboxylic acids is 1. The molecular weight excluding hydrogens is 228 g/mol. The van der Waals surface area contributed by atoms with Crippen molar-refractivity contribution in [3.05, 3.63) is 18.3 Å². The Morgan fingerprint density at radius 3 is 3.00 bits per heavy atom. The Bertz CT molecular complexity index is 413. The summed E-state index contributed by atoms with van der Waals surface area (Å²) in [6.07, 6.45) is 4.89. The molecule has 1 amide bonds. The third kappa shape index (κ3) is 2.98. The van der Waals surface area contributed by atoms with E-state index in [1.165, 1.54) is 0 Å². The Labute approximate surface area is 108 Å². The molecule has 1 aliphatic rings. The van der Waals surface area contributed by atoms with Crippen molar-refractivity contribution in [3.8, 4) is 0 Å². The van der Waals surface area contributed by atoms with E-state index in [0.29, 0.717) is 0 Å². The van der Waals surface area contributed by atoms with E-state index >= 15 is 0 Å². The van der Waals surface area contributed by atoms with Gasteiger partial charge in [-0.15, -0.1) is 0 Å². The summed E-state index contributed by atoms with van der Waals surface area (Å²) in [5, 5.41) is 6.20. The predicted octanol–water partition coefficient (Wildman–Crippen LogP) is 1.23. The Hall–Kier alpha value is -1.62. The van der Waals surface area contributed by atoms with Crippen molar-refractivity contribution in [3.63, 3.8) is 0 Å². The molecule has 98 valence electrons. The molecule has 5 nitrogen and oxygen atoms in total. The lowest BCUT2D eigenvalue weighted by atomic mass is 10.0. The summed E-state index contributed by atoms with van der Waals surface area (Å²) >= 11 is 0. The zero-order valence-electron chi connectivity index (χ0n) is 10.9. The molecule has 0 spiro atoms. The van der Waals surface area contributed by atoms with Gasteiger partial charge in [0.25, 0.3) is 0 Å². The lowest BCUT2D eigenvalue weighted by Gasteiger charge is -2.23. The number of nitrogens with zero attached hydrogens (tertiary/aromatic N) is 2. The maximum atomic E-state index is 12.1. The molecular formula is C13H20N4O. The Morgan fingerprint density at radius 2 is 2.33 bits per heavy atom. The van der Waals surface area contributed by atoms with Crippen molar-refractivity contribution in [2.24, 2.45) is 0 Å². The fourth-order valence-electron chi connectivity index (χ4n) is 2.15. The molecule has 5 heteroatoms. The highest BCUT2D eigenvalue weighted by Crippen LogP contribution is 2.21. The third-order valence-corrected chi connectivity index (χ3v) is 3.09. The quantitative estimate of drug-likeness (QED) is 0.844. The van der Waals surface area contributed by atoms with Gasteiger partial charge in [-0.3, -0.25) is 4.79 Å². The normalized spacial score (nSPS) is 19.3. The number of aromatic nitrogens is 1. The van der Waals surface area contributed by atoms with Gasteiger partial charge >= 0.3 is 0 Å². The smallest absolute Gasteiger partial charge is 0.241 e. The first-order valence-electron chi connectivity index (χ1n) is 6.35. The Morgan fingerprint density at radius 1 is 1.50 bits per heavy atom. The lowest BCUT2D eigenvalue weighted by Crippen LogP contribution is -2.43. The first-order chi connectivity index (χ1) is 8.68. The largest absolute Gasteiger partial charge is 0.361 e. The average Bonchev–Trinajstić information content (AvgIpc) is 2.40. The number of rotatable bonds is 3. The summed E-state index contributed by atoms with van der Waals surface area (Å²) < 4.78 is 0. The number of nitrogens with one attached hydrogen (secondary N) is 2. The van der Waals surface area contributed by atoms with Crippen LogP contribution in [0.4, 0.5) is 11.5 Å². The lowest BCUT2D eigenvalue weighted by molar-refractivity contribution is -0.118. The number of amides is 1. The number of hydrogen-bond acceptors (Lipinski definition) is 4. The minimum atomic E-state index is -0.0750. The van der Waals surface area contributed by atoms with Gasteiger partial charge in [0.05, 0.1) is 11.7 Å². The van der Waals surface area contributed by atoms with E-state index in [1.807, 2.05) is 31.1 Å². The predicted molar refractivity (Wildman–Crippen MR) is 72.8 cm³/mol. The monoisotopic (exact) mass is 248 g/mol. The van der Waals surface area contributed by atoms with Gasteiger partial charge in [0, 0.05) is 20.3 Å². The van der Waals surface area contributed by atoms with Crippen molar-refractivity contribution in [1.82, 2.24) is 10.3 Å². The van der Waals surface area contributed by atoms with Gasteiger partial charge in [-0.25, -0.2) is 4.98 Å². The molecule has 1 unspecified atom stereocenters. The van der Waals surface area contributed by atoms with Gasteiger partial charge in [-0.2, -0.15) is 0 Å². The highest BCUT2D eigenvalue weighted by atomic mass is 16.2. The number of piperidine rings is 1. The molecule has 18 heavy (non-hydrogen) atoms. The van der Waals surface area contributed by atoms with Gasteiger partial charge in [0.15, 0.2) is 5.82 Å². The van der Waals surface area contributed by atoms with Gasteiger partial charge in [-0.1, -0.05) is 6.42 Å². The molecule has 1 aliphatic heterocycles. The summed E-state index contributed by atoms with van der Waals surface area (Å²) in [7, 11) is 3.83. The van der Waals surface area contributed by atoms with E-state index in [2.05, 4.69) is 15.6 Å². The van der Waals surface area contributed by atoms with E-state index in [9.17, 15) is 4.79 Å². The van der Waals surface area contributed by atoms with E-state index < -0.39 is 0 Å². The van der Waals surface area contributed by atoms with Gasteiger partial charge < -0.3 is 15.5 Å². The van der Waals surface area contributed by atoms with Crippen LogP contribution >= 0.6 is 0 Å². The molecule has 0 bridgehead atoms. The molecule has 0 radical (unpaired) electrons. The molecule has 2 N–H and O–H groups in total. The summed E-state index contributed by atoms with van der Waals surface area (Å²) in [6.45, 7) is 0.922. The number of carbonyl (C=O) groups is 1. The first-order valence-corrected chi connectivity index (χ1v) is 6.35. The molecule has 0 aromatic carbocycles. The fraction of sp³-hybridized carbons (Fsp3) is 0.538. The van der Waals surface area contributed by atoms with Crippen LogP contribution in [0.2, 0.25) is 0 Å². The fourth-order valence-corrected chi connectivity index (χ4v) is 2.15. The van der Waals surface area contributed by atoms with Gasteiger partial charge in [-0.05, 0) is 31.5 Å². The summed E-state index contributed by atoms with van der Waals surface area (Å²) in [4.78, 5) is 18.3. The van der Waals surface area contributed by atoms with E-state index in [-0.39, 0.29) is 11.9 Å². The van der Waals surface area contributed by atoms with E-state index in [4.69, 9.17) is 0 Å². The Kier molecular flexibility index (Phi) is 4.15. The zero-order valence-corrected chi connectivity index (χ0v) is 10.9. The topological polar surface area (TPSA) is 57.3 Å². The van der Waals surface area contributed by atoms with Crippen LogP contribution in [0.5, 0.6) is 0 Å².